The molecule has 17 heavy (non-hydrogen) atoms. The summed E-state index contributed by atoms with van der Waals surface area (Å²) >= 11 is 7.63. The van der Waals surface area contributed by atoms with Crippen LogP contribution in [-0.2, 0) is 4.74 Å². The molecule has 0 aromatic heterocycles. The van der Waals surface area contributed by atoms with E-state index in [4.69, 9.17) is 22.1 Å². The van der Waals surface area contributed by atoms with E-state index in [0.717, 1.165) is 40.9 Å². The molecule has 0 bridgehead atoms. The Kier molecular flexibility index (Phi) is 4.77. The standard InChI is InChI=1S/C13H16ClNOS/c14-10-4-3-5-11(8-10)17-9-12(15)13-6-1-2-7-16-13/h3-6,8,12H,1-2,7,9,15H2. The Balaban J connectivity index is 1.87. The third kappa shape index (κ3) is 3.95. The van der Waals surface area contributed by atoms with Crippen molar-refractivity contribution >= 4 is 23.4 Å². The Morgan fingerprint density at radius 2 is 2.35 bits per heavy atom. The molecule has 0 radical (unpaired) electrons. The number of hydrogen-bond acceptors (Lipinski definition) is 3. The van der Waals surface area contributed by atoms with Gasteiger partial charge in [-0.1, -0.05) is 17.7 Å². The maximum absolute atomic E-state index is 6.09. The topological polar surface area (TPSA) is 35.2 Å². The minimum atomic E-state index is -0.0284. The molecule has 1 aromatic rings. The highest BCUT2D eigenvalue weighted by Crippen LogP contribution is 2.24. The van der Waals surface area contributed by atoms with Crippen molar-refractivity contribution in [3.05, 3.63) is 41.1 Å². The van der Waals surface area contributed by atoms with Crippen LogP contribution in [-0.4, -0.2) is 18.4 Å². The van der Waals surface area contributed by atoms with Gasteiger partial charge in [0, 0.05) is 15.7 Å². The van der Waals surface area contributed by atoms with Gasteiger partial charge in [-0.05, 0) is 37.1 Å². The highest BCUT2D eigenvalue weighted by atomic mass is 35.5. The van der Waals surface area contributed by atoms with Gasteiger partial charge in [0.1, 0.15) is 5.76 Å². The molecule has 2 rings (SSSR count). The van der Waals surface area contributed by atoms with Crippen molar-refractivity contribution in [2.24, 2.45) is 5.73 Å². The van der Waals surface area contributed by atoms with Crippen molar-refractivity contribution < 1.29 is 4.74 Å². The Morgan fingerprint density at radius 1 is 1.47 bits per heavy atom. The van der Waals surface area contributed by atoms with Crippen LogP contribution in [0.3, 0.4) is 0 Å². The first-order chi connectivity index (χ1) is 8.25. The summed E-state index contributed by atoms with van der Waals surface area (Å²) in [6.45, 7) is 0.793. The van der Waals surface area contributed by atoms with Crippen LogP contribution in [0.2, 0.25) is 5.02 Å². The molecule has 2 N–H and O–H groups in total. The van der Waals surface area contributed by atoms with E-state index in [0.29, 0.717) is 0 Å². The highest BCUT2D eigenvalue weighted by Gasteiger charge is 2.13. The van der Waals surface area contributed by atoms with E-state index in [1.165, 1.54) is 0 Å². The minimum absolute atomic E-state index is 0.0284. The molecule has 0 aliphatic carbocycles. The van der Waals surface area contributed by atoms with Gasteiger partial charge in [-0.25, -0.2) is 0 Å². The summed E-state index contributed by atoms with van der Waals surface area (Å²) in [5, 5.41) is 0.761. The van der Waals surface area contributed by atoms with Crippen LogP contribution >= 0.6 is 23.4 Å². The van der Waals surface area contributed by atoms with E-state index in [1.54, 1.807) is 11.8 Å². The minimum Gasteiger partial charge on any atom is -0.497 e. The normalized spacial score (nSPS) is 17.2. The second-order valence-electron chi connectivity index (χ2n) is 3.97. The smallest absolute Gasteiger partial charge is 0.110 e. The van der Waals surface area contributed by atoms with Gasteiger partial charge in [-0.15, -0.1) is 11.8 Å². The molecule has 0 amide bonds. The fraction of sp³-hybridized carbons (Fsp3) is 0.385. The lowest BCUT2D eigenvalue weighted by Crippen LogP contribution is -2.28. The number of ether oxygens (including phenoxy) is 1. The predicted octanol–water partition coefficient (Wildman–Crippen LogP) is 3.45. The lowest BCUT2D eigenvalue weighted by atomic mass is 10.2. The molecule has 1 unspecified atom stereocenters. The first-order valence-corrected chi connectivity index (χ1v) is 7.09. The largest absolute Gasteiger partial charge is 0.497 e. The van der Waals surface area contributed by atoms with Crippen molar-refractivity contribution in [3.63, 3.8) is 0 Å². The average molecular weight is 270 g/mol. The van der Waals surface area contributed by atoms with Crippen molar-refractivity contribution in [1.82, 2.24) is 0 Å². The summed E-state index contributed by atoms with van der Waals surface area (Å²) in [6.07, 6.45) is 4.27. The quantitative estimate of drug-likeness (QED) is 0.851. The summed E-state index contributed by atoms with van der Waals surface area (Å²) in [5.41, 5.74) is 6.09. The van der Waals surface area contributed by atoms with Crippen molar-refractivity contribution in [3.8, 4) is 0 Å². The summed E-state index contributed by atoms with van der Waals surface area (Å²) in [7, 11) is 0. The number of rotatable bonds is 4. The zero-order chi connectivity index (χ0) is 12.1. The van der Waals surface area contributed by atoms with E-state index in [9.17, 15) is 0 Å². The second kappa shape index (κ2) is 6.34. The van der Waals surface area contributed by atoms with Gasteiger partial charge in [0.15, 0.2) is 0 Å². The van der Waals surface area contributed by atoms with Crippen LogP contribution < -0.4 is 5.73 Å². The molecule has 1 heterocycles. The number of benzene rings is 1. The van der Waals surface area contributed by atoms with Gasteiger partial charge in [0.05, 0.1) is 12.6 Å². The SMILES string of the molecule is NC(CSc1cccc(Cl)c1)C1=CCCCO1. The van der Waals surface area contributed by atoms with Crippen LogP contribution in [0.1, 0.15) is 12.8 Å². The number of halogens is 1. The maximum Gasteiger partial charge on any atom is 0.110 e. The molecule has 1 aromatic carbocycles. The second-order valence-corrected chi connectivity index (χ2v) is 5.50. The van der Waals surface area contributed by atoms with Gasteiger partial charge in [-0.3, -0.25) is 0 Å². The van der Waals surface area contributed by atoms with Crippen molar-refractivity contribution in [1.29, 1.82) is 0 Å². The van der Waals surface area contributed by atoms with Crippen LogP contribution in [0.15, 0.2) is 41.0 Å². The molecule has 92 valence electrons. The number of thioether (sulfide) groups is 1. The third-order valence-electron chi connectivity index (χ3n) is 2.55. The number of nitrogens with two attached hydrogens (primary N) is 1. The van der Waals surface area contributed by atoms with Crippen LogP contribution in [0, 0.1) is 0 Å². The van der Waals surface area contributed by atoms with Crippen LogP contribution in [0.4, 0.5) is 0 Å². The van der Waals surface area contributed by atoms with E-state index < -0.39 is 0 Å². The molecule has 0 spiro atoms. The summed E-state index contributed by atoms with van der Waals surface area (Å²) in [6, 6.07) is 7.79. The van der Waals surface area contributed by atoms with E-state index in [-0.39, 0.29) is 6.04 Å². The molecule has 0 saturated carbocycles. The van der Waals surface area contributed by atoms with Gasteiger partial charge in [0.25, 0.3) is 0 Å². The monoisotopic (exact) mass is 269 g/mol. The third-order valence-corrected chi connectivity index (χ3v) is 3.90. The fourth-order valence-electron chi connectivity index (χ4n) is 1.66. The van der Waals surface area contributed by atoms with Crippen molar-refractivity contribution in [2.75, 3.05) is 12.4 Å². The molecule has 0 saturated heterocycles. The summed E-state index contributed by atoms with van der Waals surface area (Å²) in [5.74, 6) is 1.75. The average Bonchev–Trinajstić information content (AvgIpc) is 2.37. The van der Waals surface area contributed by atoms with Gasteiger partial charge in [-0.2, -0.15) is 0 Å². The van der Waals surface area contributed by atoms with Crippen LogP contribution in [0.25, 0.3) is 0 Å². The predicted molar refractivity (Wildman–Crippen MR) is 73.4 cm³/mol. The van der Waals surface area contributed by atoms with Gasteiger partial charge >= 0.3 is 0 Å². The fourth-order valence-corrected chi connectivity index (χ4v) is 2.84. The molecule has 2 nitrogen and oxygen atoms in total. The van der Waals surface area contributed by atoms with E-state index in [1.807, 2.05) is 24.3 Å². The van der Waals surface area contributed by atoms with Crippen LogP contribution in [0.5, 0.6) is 0 Å². The lowest BCUT2D eigenvalue weighted by Gasteiger charge is -2.20. The molecule has 4 heteroatoms. The van der Waals surface area contributed by atoms with Gasteiger partial charge < -0.3 is 10.5 Å². The van der Waals surface area contributed by atoms with Crippen molar-refractivity contribution in [2.45, 2.75) is 23.8 Å². The number of hydrogen-bond donors (Lipinski definition) is 1. The lowest BCUT2D eigenvalue weighted by molar-refractivity contribution is 0.179. The Bertz CT molecular complexity index is 408. The molecule has 0 fully saturated rings. The zero-order valence-corrected chi connectivity index (χ0v) is 11.1. The highest BCUT2D eigenvalue weighted by molar-refractivity contribution is 7.99. The molecular formula is C13H16ClNOS. The molecule has 1 aliphatic rings. The maximum atomic E-state index is 6.09. The Labute approximate surface area is 111 Å². The summed E-state index contributed by atoms with van der Waals surface area (Å²) < 4.78 is 5.55. The first kappa shape index (κ1) is 12.8. The molecule has 1 atom stereocenters. The summed E-state index contributed by atoms with van der Waals surface area (Å²) in [4.78, 5) is 1.14. The molecule has 1 aliphatic heterocycles. The first-order valence-electron chi connectivity index (χ1n) is 5.72. The number of allylic oxidation sites excluding steroid dienone is 1. The van der Waals surface area contributed by atoms with E-state index >= 15 is 0 Å². The van der Waals surface area contributed by atoms with Gasteiger partial charge in [0.2, 0.25) is 0 Å². The Hall–Kier alpha value is -0.640. The Morgan fingerprint density at radius 3 is 3.06 bits per heavy atom. The van der Waals surface area contributed by atoms with E-state index in [2.05, 4.69) is 6.08 Å². The molecular weight excluding hydrogens is 254 g/mol. The zero-order valence-electron chi connectivity index (χ0n) is 9.56.